The fraction of sp³-hybridized carbons (Fsp3) is 0.304. The summed E-state index contributed by atoms with van der Waals surface area (Å²) in [5.41, 5.74) is 5.97. The Balaban J connectivity index is 1.83. The summed E-state index contributed by atoms with van der Waals surface area (Å²) in [5.74, 6) is -0.571. The van der Waals surface area contributed by atoms with Gasteiger partial charge in [-0.1, -0.05) is 55.0 Å². The van der Waals surface area contributed by atoms with Crippen molar-refractivity contribution in [2.75, 3.05) is 17.8 Å². The topological polar surface area (TPSA) is 123 Å². The molecule has 3 aromatic rings. The molecule has 1 aromatic heterocycles. The van der Waals surface area contributed by atoms with Gasteiger partial charge in [0.05, 0.1) is 11.3 Å². The minimum atomic E-state index is -3.82. The second-order valence-corrected chi connectivity index (χ2v) is 9.28. The van der Waals surface area contributed by atoms with Crippen molar-refractivity contribution in [2.45, 2.75) is 31.6 Å². The van der Waals surface area contributed by atoms with Gasteiger partial charge in [-0.25, -0.2) is 8.42 Å². The molecule has 0 bridgehead atoms. The van der Waals surface area contributed by atoms with Gasteiger partial charge >= 0.3 is 0 Å². The van der Waals surface area contributed by atoms with E-state index in [-0.39, 0.29) is 23.9 Å². The van der Waals surface area contributed by atoms with E-state index in [0.717, 1.165) is 19.3 Å². The van der Waals surface area contributed by atoms with Crippen molar-refractivity contribution in [3.05, 3.63) is 76.6 Å². The lowest BCUT2D eigenvalue weighted by molar-refractivity contribution is -0.121. The van der Waals surface area contributed by atoms with E-state index < -0.39 is 15.6 Å². The number of carbonyl (C=O) groups is 1. The Kier molecular flexibility index (Phi) is 8.02. The maximum Gasteiger partial charge on any atom is 0.275 e. The number of unbranched alkanes of at least 4 members (excludes halogenated alkanes) is 2. The number of fused-ring (bicyclic) bond motifs is 1. The molecule has 3 rings (SSSR count). The van der Waals surface area contributed by atoms with E-state index in [9.17, 15) is 18.0 Å². The summed E-state index contributed by atoms with van der Waals surface area (Å²) in [6.07, 6.45) is 2.61. The Labute approximate surface area is 187 Å². The third-order valence-corrected chi connectivity index (χ3v) is 6.22. The van der Waals surface area contributed by atoms with Gasteiger partial charge in [0.15, 0.2) is 0 Å². The highest BCUT2D eigenvalue weighted by Gasteiger charge is 2.17. The minimum Gasteiger partial charge on any atom is -0.355 e. The van der Waals surface area contributed by atoms with Gasteiger partial charge in [0.2, 0.25) is 15.9 Å². The molecule has 0 aliphatic carbocycles. The molecule has 0 aliphatic rings. The number of hydrogen-bond acceptors (Lipinski definition) is 5. The van der Waals surface area contributed by atoms with Crippen LogP contribution in [0.4, 0.5) is 5.69 Å². The average molecular weight is 457 g/mol. The van der Waals surface area contributed by atoms with Crippen molar-refractivity contribution in [1.29, 1.82) is 0 Å². The number of nitrogens with one attached hydrogen (secondary N) is 2. The Morgan fingerprint density at radius 2 is 1.69 bits per heavy atom. The van der Waals surface area contributed by atoms with Gasteiger partial charge in [-0.3, -0.25) is 18.9 Å². The standard InChI is InChI=1S/C23H28N4O4S/c24-13-7-2-8-14-25-22(28)16-27-21-12-6-5-11-19(21)15-20(23(27)29)26-32(30,31)17-18-9-3-1-4-10-18/h1,3-6,9-12,15,26H,2,7-8,13-14,16-17,24H2,(H,25,28). The third-order valence-electron chi connectivity index (χ3n) is 4.97. The number of hydrogen-bond donors (Lipinski definition) is 3. The molecule has 0 aliphatic heterocycles. The number of nitrogens with zero attached hydrogens (tertiary/aromatic N) is 1. The van der Waals surface area contributed by atoms with Crippen LogP contribution in [0.3, 0.4) is 0 Å². The monoisotopic (exact) mass is 456 g/mol. The molecule has 0 fully saturated rings. The number of carbonyl (C=O) groups excluding carboxylic acids is 1. The highest BCUT2D eigenvalue weighted by atomic mass is 32.2. The molecule has 4 N–H and O–H groups in total. The Morgan fingerprint density at radius 1 is 0.969 bits per heavy atom. The van der Waals surface area contributed by atoms with Crippen molar-refractivity contribution in [3.63, 3.8) is 0 Å². The second-order valence-electron chi connectivity index (χ2n) is 7.55. The summed E-state index contributed by atoms with van der Waals surface area (Å²) in [7, 11) is -3.82. The maximum absolute atomic E-state index is 13.1. The SMILES string of the molecule is NCCCCCNC(=O)Cn1c(=O)c(NS(=O)(=O)Cc2ccccc2)cc2ccccc21. The summed E-state index contributed by atoms with van der Waals surface area (Å²) in [5, 5.41) is 3.46. The fourth-order valence-electron chi connectivity index (χ4n) is 3.43. The van der Waals surface area contributed by atoms with E-state index in [2.05, 4.69) is 10.0 Å². The van der Waals surface area contributed by atoms with Crippen molar-refractivity contribution < 1.29 is 13.2 Å². The maximum atomic E-state index is 13.1. The zero-order valence-corrected chi connectivity index (χ0v) is 18.6. The van der Waals surface area contributed by atoms with E-state index in [1.807, 2.05) is 0 Å². The van der Waals surface area contributed by atoms with Crippen LogP contribution in [-0.2, 0) is 27.1 Å². The molecule has 1 heterocycles. The van der Waals surface area contributed by atoms with E-state index >= 15 is 0 Å². The van der Waals surface area contributed by atoms with Crippen molar-refractivity contribution in [1.82, 2.24) is 9.88 Å². The van der Waals surface area contributed by atoms with Gasteiger partial charge < -0.3 is 11.1 Å². The van der Waals surface area contributed by atoms with Crippen LogP contribution in [0, 0.1) is 0 Å². The Morgan fingerprint density at radius 3 is 2.44 bits per heavy atom. The van der Waals surface area contributed by atoms with E-state index in [4.69, 9.17) is 5.73 Å². The fourth-order valence-corrected chi connectivity index (χ4v) is 4.61. The number of anilines is 1. The van der Waals surface area contributed by atoms with Crippen LogP contribution in [-0.4, -0.2) is 32.0 Å². The van der Waals surface area contributed by atoms with E-state index in [1.165, 1.54) is 10.6 Å². The van der Waals surface area contributed by atoms with Crippen LogP contribution >= 0.6 is 0 Å². The van der Waals surface area contributed by atoms with Crippen LogP contribution in [0.25, 0.3) is 10.9 Å². The first kappa shape index (κ1) is 23.5. The number of nitrogens with two attached hydrogens (primary N) is 1. The van der Waals surface area contributed by atoms with Gasteiger partial charge in [-0.15, -0.1) is 0 Å². The smallest absolute Gasteiger partial charge is 0.275 e. The largest absolute Gasteiger partial charge is 0.355 e. The Hall–Kier alpha value is -3.17. The van der Waals surface area contributed by atoms with E-state index in [0.29, 0.717) is 29.6 Å². The molecular formula is C23H28N4O4S. The van der Waals surface area contributed by atoms with Crippen molar-refractivity contribution >= 4 is 32.5 Å². The molecular weight excluding hydrogens is 428 g/mol. The van der Waals surface area contributed by atoms with E-state index in [1.54, 1.807) is 54.6 Å². The summed E-state index contributed by atoms with van der Waals surface area (Å²) in [6.45, 7) is 0.904. The summed E-state index contributed by atoms with van der Waals surface area (Å²) >= 11 is 0. The number of benzene rings is 2. The van der Waals surface area contributed by atoms with Gasteiger partial charge in [-0.05, 0) is 37.1 Å². The molecule has 0 atom stereocenters. The van der Waals surface area contributed by atoms with Crippen molar-refractivity contribution in [3.8, 4) is 0 Å². The van der Waals surface area contributed by atoms with Gasteiger partial charge in [-0.2, -0.15) is 0 Å². The average Bonchev–Trinajstić information content (AvgIpc) is 2.76. The minimum absolute atomic E-state index is 0.0876. The number of aromatic nitrogens is 1. The molecule has 0 saturated carbocycles. The lowest BCUT2D eigenvalue weighted by Crippen LogP contribution is -2.34. The summed E-state index contributed by atoms with van der Waals surface area (Å²) in [4.78, 5) is 25.6. The van der Waals surface area contributed by atoms with Gasteiger partial charge in [0.1, 0.15) is 12.2 Å². The number of pyridine rings is 1. The quantitative estimate of drug-likeness (QED) is 0.382. The first-order valence-corrected chi connectivity index (χ1v) is 12.2. The lowest BCUT2D eigenvalue weighted by atomic mass is 10.2. The summed E-state index contributed by atoms with van der Waals surface area (Å²) in [6, 6.07) is 17.3. The lowest BCUT2D eigenvalue weighted by Gasteiger charge is -2.14. The summed E-state index contributed by atoms with van der Waals surface area (Å²) < 4.78 is 29.0. The normalized spacial score (nSPS) is 11.4. The highest BCUT2D eigenvalue weighted by Crippen LogP contribution is 2.17. The number of rotatable bonds is 11. The predicted molar refractivity (Wildman–Crippen MR) is 127 cm³/mol. The number of para-hydroxylation sites is 1. The number of sulfonamides is 1. The Bertz CT molecular complexity index is 1220. The molecule has 9 heteroatoms. The molecule has 1 amide bonds. The van der Waals surface area contributed by atoms with Gasteiger partial charge in [0.25, 0.3) is 5.56 Å². The van der Waals surface area contributed by atoms with Crippen LogP contribution < -0.4 is 21.3 Å². The molecule has 0 spiro atoms. The van der Waals surface area contributed by atoms with Crippen molar-refractivity contribution in [2.24, 2.45) is 5.73 Å². The molecule has 32 heavy (non-hydrogen) atoms. The highest BCUT2D eigenvalue weighted by molar-refractivity contribution is 7.91. The van der Waals surface area contributed by atoms with Crippen LogP contribution in [0.2, 0.25) is 0 Å². The van der Waals surface area contributed by atoms with Crippen LogP contribution in [0.15, 0.2) is 65.5 Å². The first-order chi connectivity index (χ1) is 15.4. The first-order valence-electron chi connectivity index (χ1n) is 10.5. The zero-order chi connectivity index (χ0) is 23.0. The molecule has 170 valence electrons. The third kappa shape index (κ3) is 6.41. The predicted octanol–water partition coefficient (Wildman–Crippen LogP) is 2.19. The molecule has 2 aromatic carbocycles. The molecule has 0 saturated heterocycles. The second kappa shape index (κ2) is 10.9. The molecule has 8 nitrogen and oxygen atoms in total. The molecule has 0 radical (unpaired) electrons. The zero-order valence-electron chi connectivity index (χ0n) is 17.8. The van der Waals surface area contributed by atoms with Gasteiger partial charge in [0, 0.05) is 11.9 Å². The van der Waals surface area contributed by atoms with Crippen LogP contribution in [0.1, 0.15) is 24.8 Å². The van der Waals surface area contributed by atoms with Crippen LogP contribution in [0.5, 0.6) is 0 Å². The molecule has 0 unspecified atom stereocenters. The number of amides is 1.